The van der Waals surface area contributed by atoms with Gasteiger partial charge < -0.3 is 9.47 Å². The highest BCUT2D eigenvalue weighted by atomic mass is 19.4. The van der Waals surface area contributed by atoms with E-state index < -0.39 is 52.6 Å². The van der Waals surface area contributed by atoms with Crippen molar-refractivity contribution in [1.82, 2.24) is 10.0 Å². The van der Waals surface area contributed by atoms with Crippen molar-refractivity contribution in [2.24, 2.45) is 5.84 Å². The molecule has 0 fully saturated rings. The second-order valence-electron chi connectivity index (χ2n) is 9.00. The Morgan fingerprint density at radius 2 is 1.26 bits per heavy atom. The predicted octanol–water partition coefficient (Wildman–Crippen LogP) is 5.65. The average Bonchev–Trinajstić information content (AvgIpc) is 2.57. The van der Waals surface area contributed by atoms with E-state index in [0.29, 0.717) is 17.1 Å². The third-order valence-corrected chi connectivity index (χ3v) is 3.29. The number of alkyl halides is 6. The monoisotopic (exact) mass is 504 g/mol. The Morgan fingerprint density at radius 3 is 1.59 bits per heavy atom. The number of benzene rings is 1. The van der Waals surface area contributed by atoms with Gasteiger partial charge in [0, 0.05) is 14.1 Å². The normalized spacial score (nSPS) is 12.2. The van der Waals surface area contributed by atoms with E-state index in [1.54, 1.807) is 20.8 Å². The van der Waals surface area contributed by atoms with Crippen LogP contribution in [0.3, 0.4) is 0 Å². The van der Waals surface area contributed by atoms with Crippen molar-refractivity contribution in [3.8, 4) is 0 Å². The van der Waals surface area contributed by atoms with Gasteiger partial charge in [-0.1, -0.05) is 0 Å². The lowest BCUT2D eigenvalue weighted by Crippen LogP contribution is -2.38. The fourth-order valence-corrected chi connectivity index (χ4v) is 1.95. The molecule has 0 heterocycles. The molecule has 0 aliphatic heterocycles. The van der Waals surface area contributed by atoms with Crippen molar-refractivity contribution in [1.29, 1.82) is 0 Å². The quantitative estimate of drug-likeness (QED) is 0.234. The Morgan fingerprint density at radius 1 is 0.824 bits per heavy atom. The molecule has 0 aliphatic rings. The number of hydrogen-bond acceptors (Lipinski definition) is 6. The Balaban J connectivity index is 0.000000916. The Kier molecular flexibility index (Phi) is 10.1. The Bertz CT molecular complexity index is 843. The third-order valence-electron chi connectivity index (χ3n) is 3.29. The van der Waals surface area contributed by atoms with Gasteiger partial charge in [-0.3, -0.25) is 5.43 Å². The van der Waals surface area contributed by atoms with E-state index in [9.17, 15) is 35.9 Å². The maximum atomic E-state index is 12.9. The summed E-state index contributed by atoms with van der Waals surface area (Å²) >= 11 is 0. The molecule has 2 amide bonds. The van der Waals surface area contributed by atoms with Gasteiger partial charge in [-0.2, -0.15) is 26.3 Å². The van der Waals surface area contributed by atoms with Crippen LogP contribution in [0.15, 0.2) is 18.2 Å². The van der Waals surface area contributed by atoms with Crippen molar-refractivity contribution in [2.45, 2.75) is 65.1 Å². The number of rotatable bonds is 2. The van der Waals surface area contributed by atoms with Gasteiger partial charge >= 0.3 is 24.5 Å². The summed E-state index contributed by atoms with van der Waals surface area (Å²) in [5, 5.41) is 1.45. The van der Waals surface area contributed by atoms with Crippen LogP contribution >= 0.6 is 0 Å². The molecule has 0 atom stereocenters. The smallest absolute Gasteiger partial charge is 0.428 e. The number of nitrogens with two attached hydrogens (primary N) is 1. The van der Waals surface area contributed by atoms with E-state index in [4.69, 9.17) is 15.3 Å². The van der Waals surface area contributed by atoms with Gasteiger partial charge in [-0.15, -0.1) is 0 Å². The zero-order valence-electron chi connectivity index (χ0n) is 20.1. The van der Waals surface area contributed by atoms with E-state index in [2.05, 4.69) is 0 Å². The summed E-state index contributed by atoms with van der Waals surface area (Å²) in [6, 6.07) is 0.902. The van der Waals surface area contributed by atoms with Crippen molar-refractivity contribution in [3.05, 3.63) is 29.3 Å². The van der Waals surface area contributed by atoms with Crippen LogP contribution < -0.4 is 11.3 Å². The first-order chi connectivity index (χ1) is 14.9. The molecule has 1 rings (SSSR count). The van der Waals surface area contributed by atoms with Crippen LogP contribution in [0.25, 0.3) is 0 Å². The van der Waals surface area contributed by atoms with E-state index in [-0.39, 0.29) is 6.07 Å². The highest BCUT2D eigenvalue weighted by Crippen LogP contribution is 2.39. The number of anilines is 1. The number of nitrogens with one attached hydrogen (secondary N) is 1. The first-order valence-corrected chi connectivity index (χ1v) is 9.67. The first kappa shape index (κ1) is 31.1. The molecule has 0 aliphatic carbocycles. The number of carbonyl (C=O) groups excluding carboxylic acids is 2. The molecule has 0 saturated carbocycles. The SMILES string of the molecule is CN(N)C(=O)OC(C)(C)C.CN(Nc1cc(C(F)(F)F)ccc1C(F)(F)F)C(=O)OC(C)(C)C. The molecule has 3 N–H and O–H groups in total. The van der Waals surface area contributed by atoms with E-state index in [1.165, 1.54) is 27.8 Å². The van der Waals surface area contributed by atoms with E-state index in [0.717, 1.165) is 12.1 Å². The van der Waals surface area contributed by atoms with Gasteiger partial charge in [-0.25, -0.2) is 25.4 Å². The van der Waals surface area contributed by atoms with Gasteiger partial charge in [0.1, 0.15) is 11.2 Å². The topological polar surface area (TPSA) is 97.1 Å². The van der Waals surface area contributed by atoms with Gasteiger partial charge in [0.05, 0.1) is 16.8 Å². The first-order valence-electron chi connectivity index (χ1n) is 9.67. The molecule has 0 radical (unpaired) electrons. The largest absolute Gasteiger partial charge is 0.443 e. The molecule has 0 spiro atoms. The average molecular weight is 504 g/mol. The summed E-state index contributed by atoms with van der Waals surface area (Å²) in [5.74, 6) is 5.10. The van der Waals surface area contributed by atoms with Crippen LogP contribution in [0.1, 0.15) is 52.7 Å². The lowest BCUT2D eigenvalue weighted by Gasteiger charge is -2.26. The van der Waals surface area contributed by atoms with Gasteiger partial charge in [-0.05, 0) is 59.7 Å². The van der Waals surface area contributed by atoms with Crippen LogP contribution in [0.5, 0.6) is 0 Å². The zero-order valence-corrected chi connectivity index (χ0v) is 20.1. The number of carbonyl (C=O) groups is 2. The highest BCUT2D eigenvalue weighted by molar-refractivity contribution is 5.70. The number of amides is 2. The van der Waals surface area contributed by atoms with Gasteiger partial charge in [0.25, 0.3) is 0 Å². The second kappa shape index (κ2) is 11.0. The number of halogens is 6. The van der Waals surface area contributed by atoms with Crippen molar-refractivity contribution in [2.75, 3.05) is 19.5 Å². The molecule has 0 unspecified atom stereocenters. The molecule has 1 aromatic carbocycles. The Labute approximate surface area is 193 Å². The molecular weight excluding hydrogens is 474 g/mol. The number of nitrogens with zero attached hydrogens (tertiary/aromatic N) is 2. The van der Waals surface area contributed by atoms with Crippen LogP contribution in [0.2, 0.25) is 0 Å². The zero-order chi connectivity index (χ0) is 27.3. The minimum atomic E-state index is -4.90. The van der Waals surface area contributed by atoms with E-state index >= 15 is 0 Å². The molecule has 34 heavy (non-hydrogen) atoms. The lowest BCUT2D eigenvalue weighted by molar-refractivity contribution is -0.140. The summed E-state index contributed by atoms with van der Waals surface area (Å²) in [5.41, 5.74) is -2.93. The molecule has 8 nitrogen and oxygen atoms in total. The number of hydrazine groups is 2. The third kappa shape index (κ3) is 11.8. The molecule has 196 valence electrons. The van der Waals surface area contributed by atoms with Crippen LogP contribution in [-0.4, -0.2) is 47.5 Å². The highest BCUT2D eigenvalue weighted by Gasteiger charge is 2.37. The minimum Gasteiger partial charge on any atom is -0.443 e. The predicted molar refractivity (Wildman–Crippen MR) is 112 cm³/mol. The molecule has 1 aromatic rings. The van der Waals surface area contributed by atoms with Crippen LogP contribution in [0.4, 0.5) is 41.6 Å². The van der Waals surface area contributed by atoms with Gasteiger partial charge in [0.15, 0.2) is 0 Å². The van der Waals surface area contributed by atoms with Crippen LogP contribution in [0, 0.1) is 0 Å². The second-order valence-corrected chi connectivity index (χ2v) is 9.00. The summed E-state index contributed by atoms with van der Waals surface area (Å²) in [6.07, 6.45) is -11.3. The maximum Gasteiger partial charge on any atom is 0.428 e. The molecular formula is C20H30F6N4O4. The van der Waals surface area contributed by atoms with Crippen LogP contribution in [-0.2, 0) is 21.8 Å². The van der Waals surface area contributed by atoms with Crippen molar-refractivity contribution >= 4 is 17.9 Å². The summed E-state index contributed by atoms with van der Waals surface area (Å²) in [7, 11) is 2.47. The molecule has 0 aromatic heterocycles. The molecule has 0 saturated heterocycles. The number of ether oxygens (including phenoxy) is 2. The van der Waals surface area contributed by atoms with E-state index in [1.807, 2.05) is 5.43 Å². The number of hydrogen-bond donors (Lipinski definition) is 2. The van der Waals surface area contributed by atoms with Crippen molar-refractivity contribution in [3.63, 3.8) is 0 Å². The standard InChI is InChI=1S/C14H16F6N2O2.C6H14N2O2/c1-12(2,3)24-11(23)22(4)21-10-7-8(13(15,16)17)5-6-9(10)14(18,19)20;1-6(2,3)10-5(9)8(4)7/h5-7,21H,1-4H3;7H2,1-4H3. The fraction of sp³-hybridized carbons (Fsp3) is 0.600. The molecule has 0 bridgehead atoms. The lowest BCUT2D eigenvalue weighted by atomic mass is 10.1. The summed E-state index contributed by atoms with van der Waals surface area (Å²) in [6.45, 7) is 9.95. The maximum absolute atomic E-state index is 12.9. The summed E-state index contributed by atoms with van der Waals surface area (Å²) < 4.78 is 86.7. The van der Waals surface area contributed by atoms with Gasteiger partial charge in [0.2, 0.25) is 0 Å². The minimum absolute atomic E-state index is 0.281. The molecule has 14 heteroatoms. The van der Waals surface area contributed by atoms with Crippen molar-refractivity contribution < 1.29 is 45.4 Å². The summed E-state index contributed by atoms with van der Waals surface area (Å²) in [4.78, 5) is 22.5. The Hall–Kier alpha value is -2.90. The fourth-order valence-electron chi connectivity index (χ4n) is 1.95.